The van der Waals surface area contributed by atoms with Crippen molar-refractivity contribution < 1.29 is 4.79 Å². The summed E-state index contributed by atoms with van der Waals surface area (Å²) in [6, 6.07) is 0.105. The van der Waals surface area contributed by atoms with Crippen LogP contribution >= 0.6 is 0 Å². The van der Waals surface area contributed by atoms with Crippen molar-refractivity contribution >= 4 is 5.91 Å². The Morgan fingerprint density at radius 3 is 2.25 bits per heavy atom. The summed E-state index contributed by atoms with van der Waals surface area (Å²) in [5.74, 6) is 3.29. The highest BCUT2D eigenvalue weighted by atomic mass is 16.2. The zero-order valence-corrected chi connectivity index (χ0v) is 12.7. The minimum Gasteiger partial charge on any atom is -0.344 e. The van der Waals surface area contributed by atoms with Crippen LogP contribution in [0.1, 0.15) is 51.4 Å². The molecule has 112 valence electrons. The minimum atomic E-state index is 0.105. The van der Waals surface area contributed by atoms with Crippen LogP contribution in [0.4, 0.5) is 0 Å². The zero-order valence-electron chi connectivity index (χ0n) is 12.7. The highest BCUT2D eigenvalue weighted by Gasteiger charge is 2.51. The largest absolute Gasteiger partial charge is 0.344 e. The zero-order chi connectivity index (χ0) is 13.7. The standard InChI is InChI=1S/C17H28N2O/c1-19(16(20)15-3-2-4-18-15)11-17-8-12-5-13(9-17)7-14(6-12)10-17/h12-15,18H,2-11H2,1H3. The molecular weight excluding hydrogens is 248 g/mol. The Kier molecular flexibility index (Phi) is 3.10. The molecule has 1 amide bonds. The molecule has 4 saturated carbocycles. The normalized spacial score (nSPS) is 45.9. The van der Waals surface area contributed by atoms with Crippen LogP contribution in [0, 0.1) is 23.2 Å². The second-order valence-corrected chi connectivity index (χ2v) is 8.26. The first kappa shape index (κ1) is 13.1. The maximum absolute atomic E-state index is 12.5. The molecule has 4 bridgehead atoms. The van der Waals surface area contributed by atoms with Gasteiger partial charge in [-0.05, 0) is 81.1 Å². The Labute approximate surface area is 122 Å². The molecule has 1 aliphatic heterocycles. The van der Waals surface area contributed by atoms with Crippen LogP contribution in [-0.2, 0) is 4.79 Å². The second-order valence-electron chi connectivity index (χ2n) is 8.26. The van der Waals surface area contributed by atoms with Crippen LogP contribution in [0.2, 0.25) is 0 Å². The number of rotatable bonds is 3. The molecule has 1 atom stereocenters. The highest BCUT2D eigenvalue weighted by Crippen LogP contribution is 2.60. The maximum Gasteiger partial charge on any atom is 0.239 e. The van der Waals surface area contributed by atoms with E-state index in [-0.39, 0.29) is 6.04 Å². The summed E-state index contributed by atoms with van der Waals surface area (Å²) in [6.07, 6.45) is 10.8. The minimum absolute atomic E-state index is 0.105. The van der Waals surface area contributed by atoms with Crippen molar-refractivity contribution in [1.82, 2.24) is 10.2 Å². The SMILES string of the molecule is CN(CC12CC3CC(CC(C3)C1)C2)C(=O)C1CCCN1. The summed E-state index contributed by atoms with van der Waals surface area (Å²) in [5, 5.41) is 3.35. The van der Waals surface area contributed by atoms with E-state index in [4.69, 9.17) is 0 Å². The first-order chi connectivity index (χ1) is 9.63. The number of nitrogens with zero attached hydrogens (tertiary/aromatic N) is 1. The lowest BCUT2D eigenvalue weighted by atomic mass is 9.49. The summed E-state index contributed by atoms with van der Waals surface area (Å²) in [6.45, 7) is 2.04. The monoisotopic (exact) mass is 276 g/mol. The fourth-order valence-corrected chi connectivity index (χ4v) is 6.23. The topological polar surface area (TPSA) is 32.3 Å². The predicted molar refractivity (Wildman–Crippen MR) is 79.3 cm³/mol. The van der Waals surface area contributed by atoms with Crippen molar-refractivity contribution in [3.8, 4) is 0 Å². The van der Waals surface area contributed by atoms with Gasteiger partial charge in [-0.25, -0.2) is 0 Å². The van der Waals surface area contributed by atoms with Crippen molar-refractivity contribution in [2.75, 3.05) is 20.1 Å². The summed E-state index contributed by atoms with van der Waals surface area (Å²) >= 11 is 0. The molecule has 4 aliphatic carbocycles. The molecule has 3 heteroatoms. The van der Waals surface area contributed by atoms with Crippen LogP contribution in [0.3, 0.4) is 0 Å². The lowest BCUT2D eigenvalue weighted by molar-refractivity contribution is -0.137. The molecule has 3 nitrogen and oxygen atoms in total. The van der Waals surface area contributed by atoms with Gasteiger partial charge in [0.1, 0.15) is 0 Å². The molecule has 5 aliphatic rings. The van der Waals surface area contributed by atoms with Crippen molar-refractivity contribution in [3.63, 3.8) is 0 Å². The van der Waals surface area contributed by atoms with Crippen molar-refractivity contribution in [2.45, 2.75) is 57.4 Å². The lowest BCUT2D eigenvalue weighted by Gasteiger charge is -2.57. The van der Waals surface area contributed by atoms with E-state index in [1.54, 1.807) is 0 Å². The molecule has 1 unspecified atom stereocenters. The van der Waals surface area contributed by atoms with Crippen LogP contribution < -0.4 is 5.32 Å². The molecule has 1 heterocycles. The van der Waals surface area contributed by atoms with Gasteiger partial charge in [0.2, 0.25) is 5.91 Å². The van der Waals surface area contributed by atoms with E-state index in [2.05, 4.69) is 10.2 Å². The smallest absolute Gasteiger partial charge is 0.239 e. The Balaban J connectivity index is 1.44. The van der Waals surface area contributed by atoms with E-state index >= 15 is 0 Å². The fourth-order valence-electron chi connectivity index (χ4n) is 6.23. The summed E-state index contributed by atoms with van der Waals surface area (Å²) in [7, 11) is 2.04. The first-order valence-electron chi connectivity index (χ1n) is 8.62. The highest BCUT2D eigenvalue weighted by molar-refractivity contribution is 5.82. The third kappa shape index (κ3) is 2.18. The number of hydrogen-bond acceptors (Lipinski definition) is 2. The molecule has 20 heavy (non-hydrogen) atoms. The molecule has 1 N–H and O–H groups in total. The van der Waals surface area contributed by atoms with Crippen molar-refractivity contribution in [1.29, 1.82) is 0 Å². The average molecular weight is 276 g/mol. The fraction of sp³-hybridized carbons (Fsp3) is 0.941. The van der Waals surface area contributed by atoms with E-state index in [1.165, 1.54) is 38.5 Å². The molecule has 0 aromatic carbocycles. The third-order valence-electron chi connectivity index (χ3n) is 6.47. The summed E-state index contributed by atoms with van der Waals surface area (Å²) in [5.41, 5.74) is 0.484. The van der Waals surface area contributed by atoms with Crippen LogP contribution in [-0.4, -0.2) is 37.0 Å². The van der Waals surface area contributed by atoms with Gasteiger partial charge in [0.25, 0.3) is 0 Å². The van der Waals surface area contributed by atoms with Crippen LogP contribution in [0.25, 0.3) is 0 Å². The molecule has 0 radical (unpaired) electrons. The van der Waals surface area contributed by atoms with Crippen molar-refractivity contribution in [3.05, 3.63) is 0 Å². The van der Waals surface area contributed by atoms with Gasteiger partial charge in [0.15, 0.2) is 0 Å². The average Bonchev–Trinajstić information content (AvgIpc) is 2.89. The summed E-state index contributed by atoms with van der Waals surface area (Å²) in [4.78, 5) is 14.6. The number of hydrogen-bond donors (Lipinski definition) is 1. The molecule has 0 spiro atoms. The number of nitrogens with one attached hydrogen (secondary N) is 1. The molecule has 0 aromatic rings. The van der Waals surface area contributed by atoms with Gasteiger partial charge in [-0.1, -0.05) is 0 Å². The number of carbonyl (C=O) groups is 1. The van der Waals surface area contributed by atoms with Crippen LogP contribution in [0.15, 0.2) is 0 Å². The van der Waals surface area contributed by atoms with Gasteiger partial charge in [-0.3, -0.25) is 4.79 Å². The number of amides is 1. The summed E-state index contributed by atoms with van der Waals surface area (Å²) < 4.78 is 0. The van der Waals surface area contributed by atoms with E-state index in [9.17, 15) is 4.79 Å². The van der Waals surface area contributed by atoms with Gasteiger partial charge in [0.05, 0.1) is 6.04 Å². The molecule has 5 fully saturated rings. The van der Waals surface area contributed by atoms with E-state index in [0.717, 1.165) is 43.7 Å². The van der Waals surface area contributed by atoms with E-state index in [1.807, 2.05) is 7.05 Å². The maximum atomic E-state index is 12.5. The molecule has 5 rings (SSSR count). The van der Waals surface area contributed by atoms with Crippen molar-refractivity contribution in [2.24, 2.45) is 23.2 Å². The number of likely N-dealkylation sites (N-methyl/N-ethyl adjacent to an activating group) is 1. The first-order valence-corrected chi connectivity index (χ1v) is 8.62. The Hall–Kier alpha value is -0.570. The van der Waals surface area contributed by atoms with Gasteiger partial charge in [-0.2, -0.15) is 0 Å². The third-order valence-corrected chi connectivity index (χ3v) is 6.47. The lowest BCUT2D eigenvalue weighted by Crippen LogP contribution is -2.53. The van der Waals surface area contributed by atoms with Crippen LogP contribution in [0.5, 0.6) is 0 Å². The van der Waals surface area contributed by atoms with E-state index in [0.29, 0.717) is 11.3 Å². The van der Waals surface area contributed by atoms with E-state index < -0.39 is 0 Å². The predicted octanol–water partition coefficient (Wildman–Crippen LogP) is 2.41. The molecule has 0 aromatic heterocycles. The number of carbonyl (C=O) groups excluding carboxylic acids is 1. The van der Waals surface area contributed by atoms with Gasteiger partial charge < -0.3 is 10.2 Å². The Bertz CT molecular complexity index is 365. The molecular formula is C17H28N2O. The van der Waals surface area contributed by atoms with Gasteiger partial charge in [-0.15, -0.1) is 0 Å². The second kappa shape index (κ2) is 4.72. The van der Waals surface area contributed by atoms with Gasteiger partial charge in [0, 0.05) is 13.6 Å². The van der Waals surface area contributed by atoms with Gasteiger partial charge >= 0.3 is 0 Å². The quantitative estimate of drug-likeness (QED) is 0.858. The Morgan fingerprint density at radius 1 is 1.15 bits per heavy atom. The molecule has 1 saturated heterocycles. The Morgan fingerprint density at radius 2 is 1.75 bits per heavy atom.